The lowest BCUT2D eigenvalue weighted by Crippen LogP contribution is -2.28. The van der Waals surface area contributed by atoms with Crippen LogP contribution in [0.2, 0.25) is 0 Å². The van der Waals surface area contributed by atoms with Crippen molar-refractivity contribution in [1.29, 1.82) is 0 Å². The van der Waals surface area contributed by atoms with E-state index in [2.05, 4.69) is 4.98 Å². The first-order chi connectivity index (χ1) is 9.58. The first kappa shape index (κ1) is 13.9. The fourth-order valence-corrected chi connectivity index (χ4v) is 1.85. The van der Waals surface area contributed by atoms with Crippen molar-refractivity contribution in [2.24, 2.45) is 0 Å². The number of benzene rings is 1. The summed E-state index contributed by atoms with van der Waals surface area (Å²) in [5.74, 6) is -0.510. The Morgan fingerprint density at radius 3 is 2.60 bits per heavy atom. The maximum absolute atomic E-state index is 12.2. The van der Waals surface area contributed by atoms with Crippen molar-refractivity contribution >= 4 is 5.91 Å². The predicted octanol–water partition coefficient (Wildman–Crippen LogP) is 1.81. The van der Waals surface area contributed by atoms with Gasteiger partial charge in [0.1, 0.15) is 11.5 Å². The molecule has 0 bridgehead atoms. The minimum Gasteiger partial charge on any atom is -0.508 e. The van der Waals surface area contributed by atoms with Crippen LogP contribution in [0, 0.1) is 0 Å². The van der Waals surface area contributed by atoms with Crippen LogP contribution in [0.4, 0.5) is 0 Å². The Hall–Kier alpha value is -2.56. The van der Waals surface area contributed by atoms with Gasteiger partial charge in [0.2, 0.25) is 0 Å². The molecule has 2 N–H and O–H groups in total. The van der Waals surface area contributed by atoms with Crippen molar-refractivity contribution in [2.45, 2.75) is 6.42 Å². The molecule has 0 aliphatic carbocycles. The Labute approximate surface area is 117 Å². The van der Waals surface area contributed by atoms with E-state index in [1.807, 2.05) is 12.1 Å². The van der Waals surface area contributed by atoms with Gasteiger partial charge in [-0.1, -0.05) is 0 Å². The Kier molecular flexibility index (Phi) is 4.20. The number of nitrogens with zero attached hydrogens (tertiary/aromatic N) is 2. The Morgan fingerprint density at radius 1 is 1.20 bits per heavy atom. The molecule has 0 radical (unpaired) electrons. The number of phenols is 2. The van der Waals surface area contributed by atoms with E-state index in [1.54, 1.807) is 19.4 Å². The van der Waals surface area contributed by atoms with E-state index in [0.717, 1.165) is 5.56 Å². The first-order valence-electron chi connectivity index (χ1n) is 6.24. The lowest BCUT2D eigenvalue weighted by molar-refractivity contribution is 0.0793. The van der Waals surface area contributed by atoms with Crippen LogP contribution >= 0.6 is 0 Å². The van der Waals surface area contributed by atoms with Crippen molar-refractivity contribution in [3.05, 3.63) is 53.9 Å². The summed E-state index contributed by atoms with van der Waals surface area (Å²) in [5, 5.41) is 19.1. The largest absolute Gasteiger partial charge is 0.508 e. The number of aromatic nitrogens is 1. The SMILES string of the molecule is CN(CCc1ccncc1)C(=O)c1cc(O)ccc1O. The summed E-state index contributed by atoms with van der Waals surface area (Å²) >= 11 is 0. The molecule has 1 aromatic heterocycles. The van der Waals surface area contributed by atoms with E-state index < -0.39 is 0 Å². The molecule has 104 valence electrons. The standard InChI is InChI=1S/C15H16N2O3/c1-17(9-6-11-4-7-16-8-5-11)15(20)13-10-12(18)2-3-14(13)19/h2-5,7-8,10,18-19H,6,9H2,1H3. The number of hydrogen-bond donors (Lipinski definition) is 2. The summed E-state index contributed by atoms with van der Waals surface area (Å²) < 4.78 is 0. The molecule has 0 atom stereocenters. The second-order valence-corrected chi connectivity index (χ2v) is 4.53. The van der Waals surface area contributed by atoms with Crippen LogP contribution in [0.15, 0.2) is 42.7 Å². The number of amides is 1. The van der Waals surface area contributed by atoms with E-state index >= 15 is 0 Å². The van der Waals surface area contributed by atoms with Gasteiger partial charge in [0.25, 0.3) is 5.91 Å². The molecule has 1 aromatic carbocycles. The van der Waals surface area contributed by atoms with E-state index in [1.165, 1.54) is 23.1 Å². The minimum absolute atomic E-state index is 0.0475. The van der Waals surface area contributed by atoms with E-state index in [9.17, 15) is 15.0 Å². The summed E-state index contributed by atoms with van der Waals surface area (Å²) in [7, 11) is 1.66. The molecule has 5 heteroatoms. The number of hydrogen-bond acceptors (Lipinski definition) is 4. The van der Waals surface area contributed by atoms with Gasteiger partial charge in [0.15, 0.2) is 0 Å². The molecule has 2 rings (SSSR count). The monoisotopic (exact) mass is 272 g/mol. The number of pyridine rings is 1. The molecular weight excluding hydrogens is 256 g/mol. The normalized spacial score (nSPS) is 10.2. The number of phenolic OH excluding ortho intramolecular Hbond substituents is 2. The second kappa shape index (κ2) is 6.06. The molecule has 0 unspecified atom stereocenters. The number of carbonyl (C=O) groups is 1. The molecule has 1 heterocycles. The lowest BCUT2D eigenvalue weighted by atomic mass is 10.1. The van der Waals surface area contributed by atoms with Gasteiger partial charge < -0.3 is 15.1 Å². The summed E-state index contributed by atoms with van der Waals surface area (Å²) in [4.78, 5) is 17.6. The van der Waals surface area contributed by atoms with Crippen molar-refractivity contribution in [1.82, 2.24) is 9.88 Å². The maximum Gasteiger partial charge on any atom is 0.257 e. The van der Waals surface area contributed by atoms with Crippen molar-refractivity contribution < 1.29 is 15.0 Å². The van der Waals surface area contributed by atoms with E-state index in [4.69, 9.17) is 0 Å². The molecule has 0 spiro atoms. The van der Waals surface area contributed by atoms with Crippen LogP contribution in [0.1, 0.15) is 15.9 Å². The molecule has 0 saturated carbocycles. The van der Waals surface area contributed by atoms with Gasteiger partial charge in [-0.15, -0.1) is 0 Å². The van der Waals surface area contributed by atoms with Crippen LogP contribution < -0.4 is 0 Å². The zero-order valence-electron chi connectivity index (χ0n) is 11.2. The fraction of sp³-hybridized carbons (Fsp3) is 0.200. The molecule has 0 fully saturated rings. The first-order valence-corrected chi connectivity index (χ1v) is 6.24. The smallest absolute Gasteiger partial charge is 0.257 e. The number of rotatable bonds is 4. The number of likely N-dealkylation sites (N-methyl/N-ethyl adjacent to an activating group) is 1. The third-order valence-electron chi connectivity index (χ3n) is 3.04. The van der Waals surface area contributed by atoms with Gasteiger partial charge in [0.05, 0.1) is 5.56 Å². The molecule has 5 nitrogen and oxygen atoms in total. The molecule has 0 aliphatic heterocycles. The summed E-state index contributed by atoms with van der Waals surface area (Å²) in [6, 6.07) is 7.69. The Balaban J connectivity index is 2.03. The maximum atomic E-state index is 12.2. The fourth-order valence-electron chi connectivity index (χ4n) is 1.85. The zero-order valence-corrected chi connectivity index (χ0v) is 11.2. The molecule has 0 saturated heterocycles. The van der Waals surface area contributed by atoms with Crippen LogP contribution in [-0.2, 0) is 6.42 Å². The summed E-state index contributed by atoms with van der Waals surface area (Å²) in [6.07, 6.45) is 4.11. The van der Waals surface area contributed by atoms with Gasteiger partial charge in [-0.25, -0.2) is 0 Å². The Morgan fingerprint density at radius 2 is 1.90 bits per heavy atom. The third kappa shape index (κ3) is 3.26. The highest BCUT2D eigenvalue weighted by atomic mass is 16.3. The minimum atomic E-state index is -0.326. The van der Waals surface area contributed by atoms with Gasteiger partial charge in [-0.2, -0.15) is 0 Å². The lowest BCUT2D eigenvalue weighted by Gasteiger charge is -2.18. The summed E-state index contributed by atoms with van der Waals surface area (Å²) in [6.45, 7) is 0.512. The van der Waals surface area contributed by atoms with Crippen LogP contribution in [0.3, 0.4) is 0 Å². The van der Waals surface area contributed by atoms with Gasteiger partial charge in [0, 0.05) is 26.0 Å². The average Bonchev–Trinajstić information content (AvgIpc) is 2.47. The zero-order chi connectivity index (χ0) is 14.5. The van der Waals surface area contributed by atoms with Crippen LogP contribution in [-0.4, -0.2) is 39.6 Å². The Bertz CT molecular complexity index is 599. The number of carbonyl (C=O) groups excluding carboxylic acids is 1. The van der Waals surface area contributed by atoms with Gasteiger partial charge >= 0.3 is 0 Å². The molecule has 2 aromatic rings. The summed E-state index contributed by atoms with van der Waals surface area (Å²) in [5.41, 5.74) is 1.18. The highest BCUT2D eigenvalue weighted by Gasteiger charge is 2.16. The van der Waals surface area contributed by atoms with Crippen molar-refractivity contribution in [2.75, 3.05) is 13.6 Å². The van der Waals surface area contributed by atoms with E-state index in [-0.39, 0.29) is 23.0 Å². The van der Waals surface area contributed by atoms with Gasteiger partial charge in [-0.3, -0.25) is 9.78 Å². The van der Waals surface area contributed by atoms with E-state index in [0.29, 0.717) is 13.0 Å². The topological polar surface area (TPSA) is 73.7 Å². The van der Waals surface area contributed by atoms with Gasteiger partial charge in [-0.05, 0) is 42.3 Å². The molecule has 1 amide bonds. The van der Waals surface area contributed by atoms with Crippen LogP contribution in [0.25, 0.3) is 0 Å². The highest BCUT2D eigenvalue weighted by Crippen LogP contribution is 2.23. The van der Waals surface area contributed by atoms with Crippen molar-refractivity contribution in [3.8, 4) is 11.5 Å². The van der Waals surface area contributed by atoms with Crippen LogP contribution in [0.5, 0.6) is 11.5 Å². The average molecular weight is 272 g/mol. The highest BCUT2D eigenvalue weighted by molar-refractivity contribution is 5.97. The predicted molar refractivity (Wildman–Crippen MR) is 74.7 cm³/mol. The quantitative estimate of drug-likeness (QED) is 0.832. The third-order valence-corrected chi connectivity index (χ3v) is 3.04. The molecule has 0 aliphatic rings. The molecule has 20 heavy (non-hydrogen) atoms. The van der Waals surface area contributed by atoms with Crippen molar-refractivity contribution in [3.63, 3.8) is 0 Å². The number of aromatic hydroxyl groups is 2. The molecular formula is C15H16N2O3. The second-order valence-electron chi connectivity index (χ2n) is 4.53.